The Morgan fingerprint density at radius 1 is 0.517 bits per heavy atom. The molecule has 0 aromatic rings. The molecule has 8 bridgehead atoms. The van der Waals surface area contributed by atoms with Crippen molar-refractivity contribution in [2.24, 2.45) is 43.8 Å². The monoisotopic (exact) mass is 569 g/mol. The fraction of sp³-hybridized carbons (Fsp3) is 0.963. The summed E-state index contributed by atoms with van der Waals surface area (Å²) in [7, 11) is 0. The van der Waals surface area contributed by atoms with E-state index < -0.39 is 0 Å². The second kappa shape index (κ2) is 6.37. The van der Waals surface area contributed by atoms with Crippen molar-refractivity contribution < 1.29 is 26.2 Å². The maximum absolute atomic E-state index is 9.65. The van der Waals surface area contributed by atoms with Gasteiger partial charge in [-0.15, -0.1) is 5.41 Å². The van der Waals surface area contributed by atoms with Crippen molar-refractivity contribution in [2.45, 2.75) is 119 Å². The van der Waals surface area contributed by atoms with E-state index >= 15 is 0 Å². The molecule has 1 N–H and O–H groups in total. The van der Waals surface area contributed by atoms with Crippen molar-refractivity contribution in [3.63, 3.8) is 0 Å². The maximum Gasteiger partial charge on any atom is 0 e. The van der Waals surface area contributed by atoms with Crippen LogP contribution >= 0.6 is 0 Å². The minimum absolute atomic E-state index is 0. The van der Waals surface area contributed by atoms with Crippen LogP contribution in [0.1, 0.15) is 119 Å². The number of rotatable bonds is 1. The van der Waals surface area contributed by atoms with E-state index in [-0.39, 0.29) is 26.5 Å². The molecule has 0 atom stereocenters. The van der Waals surface area contributed by atoms with Crippen molar-refractivity contribution in [3.8, 4) is 0 Å². The van der Waals surface area contributed by atoms with Gasteiger partial charge in [0.1, 0.15) is 0 Å². The van der Waals surface area contributed by atoms with Crippen molar-refractivity contribution >= 4 is 0 Å². The summed E-state index contributed by atoms with van der Waals surface area (Å²) in [6.07, 6.45) is 17.0. The van der Waals surface area contributed by atoms with Crippen LogP contribution in [0.5, 0.6) is 0 Å². The third-order valence-electron chi connectivity index (χ3n) is 10.1. The summed E-state index contributed by atoms with van der Waals surface area (Å²) in [6, 6.07) is 0. The predicted octanol–water partition coefficient (Wildman–Crippen LogP) is 7.91. The van der Waals surface area contributed by atoms with Gasteiger partial charge >= 0.3 is 0 Å². The molecule has 8 fully saturated rings. The Morgan fingerprint density at radius 3 is 1.03 bits per heavy atom. The molecule has 0 aliphatic heterocycles. The molecular formula is C27H45OW-. The van der Waals surface area contributed by atoms with E-state index in [1.54, 1.807) is 6.61 Å². The van der Waals surface area contributed by atoms with Crippen molar-refractivity contribution in [1.29, 1.82) is 0 Å². The third kappa shape index (κ3) is 3.85. The SMILES string of the molecule is CC12CC3(C)CC(C)(C1)CC([CH-]O)(C2)C3.CC12CC3CC(C)(C1)CC(C)(C3)C2.[W]. The number of aliphatic hydroxyl groups is 1. The van der Waals surface area contributed by atoms with Gasteiger partial charge in [0.05, 0.1) is 0 Å². The molecule has 1 nitrogen and oxygen atoms in total. The second-order valence-corrected chi connectivity index (χ2v) is 15.4. The first-order valence-electron chi connectivity index (χ1n) is 12.2. The summed E-state index contributed by atoms with van der Waals surface area (Å²) in [6.45, 7) is 16.5. The Kier molecular flexibility index (Phi) is 5.01. The van der Waals surface area contributed by atoms with Crippen LogP contribution in [-0.2, 0) is 21.1 Å². The Balaban J connectivity index is 0.000000138. The molecule has 0 amide bonds. The number of aliphatic hydroxyl groups excluding tert-OH is 1. The van der Waals surface area contributed by atoms with E-state index in [1.807, 2.05) is 0 Å². The zero-order valence-corrected chi connectivity index (χ0v) is 22.9. The largest absolute Gasteiger partial charge is 0.565 e. The molecule has 0 aromatic heterocycles. The van der Waals surface area contributed by atoms with E-state index in [1.165, 1.54) is 77.0 Å². The van der Waals surface area contributed by atoms with Crippen LogP contribution in [0.2, 0.25) is 0 Å². The smallest absolute Gasteiger partial charge is 0 e. The van der Waals surface area contributed by atoms with E-state index in [0.29, 0.717) is 16.2 Å². The van der Waals surface area contributed by atoms with Gasteiger partial charge in [-0.3, -0.25) is 0 Å². The fourth-order valence-electron chi connectivity index (χ4n) is 12.5. The van der Waals surface area contributed by atoms with E-state index in [4.69, 9.17) is 0 Å². The minimum atomic E-state index is 0. The maximum atomic E-state index is 9.65. The molecule has 166 valence electrons. The Morgan fingerprint density at radius 2 is 0.793 bits per heavy atom. The van der Waals surface area contributed by atoms with Crippen LogP contribution in [0.3, 0.4) is 0 Å². The Hall–Kier alpha value is 0.648. The molecule has 0 saturated heterocycles. The molecule has 0 heterocycles. The van der Waals surface area contributed by atoms with Crippen LogP contribution in [0.15, 0.2) is 0 Å². The predicted molar refractivity (Wildman–Crippen MR) is 116 cm³/mol. The third-order valence-corrected chi connectivity index (χ3v) is 10.1. The van der Waals surface area contributed by atoms with Gasteiger partial charge in [0.25, 0.3) is 0 Å². The molecule has 8 saturated carbocycles. The van der Waals surface area contributed by atoms with Gasteiger partial charge < -0.3 is 5.11 Å². The van der Waals surface area contributed by atoms with Gasteiger partial charge in [-0.1, -0.05) is 60.8 Å². The first-order valence-corrected chi connectivity index (χ1v) is 12.2. The van der Waals surface area contributed by atoms with Crippen LogP contribution in [0, 0.1) is 50.4 Å². The molecule has 8 rings (SSSR count). The van der Waals surface area contributed by atoms with Crippen molar-refractivity contribution in [2.75, 3.05) is 0 Å². The van der Waals surface area contributed by atoms with Crippen molar-refractivity contribution in [3.05, 3.63) is 6.61 Å². The average Bonchev–Trinajstić information content (AvgIpc) is 2.37. The standard InChI is InChI=1S/C14H23O.C13H22.W/c1-11-4-12(2)6-13(3,5-11)9-14(7-11,8-12)10-15;1-11-4-10-5-12(2,7-11)9-13(3,6-10)8-11;/h10,15H,4-9H2,1-3H3;10H,4-9H2,1-3H3;/q-1;;. The van der Waals surface area contributed by atoms with Crippen LogP contribution in [0.4, 0.5) is 0 Å². The Bertz CT molecular complexity index is 578. The zero-order chi connectivity index (χ0) is 20.3. The van der Waals surface area contributed by atoms with Gasteiger partial charge in [0.15, 0.2) is 0 Å². The molecule has 0 spiro atoms. The summed E-state index contributed by atoms with van der Waals surface area (Å²) in [5.74, 6) is 1.08. The quantitative estimate of drug-likeness (QED) is 0.318. The van der Waals surface area contributed by atoms with Crippen LogP contribution < -0.4 is 0 Å². The molecule has 8 aliphatic rings. The molecule has 8 aliphatic carbocycles. The molecular weight excluding hydrogens is 524 g/mol. The van der Waals surface area contributed by atoms with Gasteiger partial charge in [0.2, 0.25) is 0 Å². The summed E-state index contributed by atoms with van der Waals surface area (Å²) in [4.78, 5) is 0. The molecule has 29 heavy (non-hydrogen) atoms. The summed E-state index contributed by atoms with van der Waals surface area (Å²) in [5.41, 5.74) is 3.83. The molecule has 0 radical (unpaired) electrons. The van der Waals surface area contributed by atoms with Gasteiger partial charge in [-0.05, 0) is 96.2 Å². The molecule has 2 heteroatoms. The summed E-state index contributed by atoms with van der Waals surface area (Å²) < 4.78 is 0. The Labute approximate surface area is 194 Å². The first-order chi connectivity index (χ1) is 12.7. The van der Waals surface area contributed by atoms with E-state index in [9.17, 15) is 5.11 Å². The molecule has 0 unspecified atom stereocenters. The summed E-state index contributed by atoms with van der Waals surface area (Å²) in [5, 5.41) is 9.65. The molecule has 0 aromatic carbocycles. The zero-order valence-electron chi connectivity index (χ0n) is 20.0. The van der Waals surface area contributed by atoms with Crippen LogP contribution in [0.25, 0.3) is 0 Å². The van der Waals surface area contributed by atoms with E-state index in [0.717, 1.165) is 22.2 Å². The first kappa shape index (κ1) is 22.8. The number of hydrogen-bond donors (Lipinski definition) is 1. The van der Waals surface area contributed by atoms with E-state index in [2.05, 4.69) is 41.5 Å². The summed E-state index contributed by atoms with van der Waals surface area (Å²) >= 11 is 0. The normalized spacial score (nSPS) is 61.1. The topological polar surface area (TPSA) is 20.2 Å². The van der Waals surface area contributed by atoms with Gasteiger partial charge in [-0.2, -0.15) is 0 Å². The van der Waals surface area contributed by atoms with Crippen LogP contribution in [-0.4, -0.2) is 5.11 Å². The second-order valence-electron chi connectivity index (χ2n) is 15.4. The van der Waals surface area contributed by atoms with Gasteiger partial charge in [-0.25, -0.2) is 6.61 Å². The minimum Gasteiger partial charge on any atom is -0.565 e. The fourth-order valence-corrected chi connectivity index (χ4v) is 12.5. The number of hydrogen-bond acceptors (Lipinski definition) is 1. The average molecular weight is 569 g/mol. The van der Waals surface area contributed by atoms with Crippen molar-refractivity contribution in [1.82, 2.24) is 0 Å². The van der Waals surface area contributed by atoms with Gasteiger partial charge in [0, 0.05) is 21.1 Å².